The van der Waals surface area contributed by atoms with Crippen molar-refractivity contribution in [3.05, 3.63) is 35.4 Å². The predicted octanol–water partition coefficient (Wildman–Crippen LogP) is 1.59. The molecule has 1 heterocycles. The van der Waals surface area contributed by atoms with Gasteiger partial charge in [0.15, 0.2) is 0 Å². The second kappa shape index (κ2) is 7.26. The Kier molecular flexibility index (Phi) is 5.36. The number of rotatable bonds is 5. The molecule has 0 aliphatic carbocycles. The summed E-state index contributed by atoms with van der Waals surface area (Å²) < 4.78 is 0. The molecule has 0 unspecified atom stereocenters. The monoisotopic (exact) mass is 261 g/mol. The van der Waals surface area contributed by atoms with Gasteiger partial charge >= 0.3 is 0 Å². The van der Waals surface area contributed by atoms with Crippen molar-refractivity contribution in [3.63, 3.8) is 0 Å². The first-order valence-electron chi connectivity index (χ1n) is 7.08. The Hall–Kier alpha value is -1.39. The lowest BCUT2D eigenvalue weighted by molar-refractivity contribution is -0.121. The van der Waals surface area contributed by atoms with Crippen LogP contribution >= 0.6 is 0 Å². The summed E-state index contributed by atoms with van der Waals surface area (Å²) in [5.74, 6) is 4.99. The van der Waals surface area contributed by atoms with E-state index in [1.807, 2.05) is 0 Å². The number of nitrogens with zero attached hydrogens (tertiary/aromatic N) is 1. The highest BCUT2D eigenvalue weighted by atomic mass is 16.2. The van der Waals surface area contributed by atoms with E-state index in [4.69, 9.17) is 5.84 Å². The minimum Gasteiger partial charge on any atom is -0.299 e. The van der Waals surface area contributed by atoms with Gasteiger partial charge in [-0.05, 0) is 49.9 Å². The zero-order valence-electron chi connectivity index (χ0n) is 11.4. The van der Waals surface area contributed by atoms with E-state index in [1.165, 1.54) is 24.0 Å². The fourth-order valence-electron chi connectivity index (χ4n) is 2.65. The molecule has 1 aliphatic heterocycles. The lowest BCUT2D eigenvalue weighted by atomic mass is 10.0. The molecule has 0 saturated carbocycles. The van der Waals surface area contributed by atoms with Crippen LogP contribution in [0.1, 0.15) is 36.8 Å². The molecular weight excluding hydrogens is 238 g/mol. The summed E-state index contributed by atoms with van der Waals surface area (Å²) in [5, 5.41) is 0. The lowest BCUT2D eigenvalue weighted by Gasteiger charge is -2.20. The van der Waals surface area contributed by atoms with Gasteiger partial charge in [0.05, 0.1) is 0 Å². The first-order valence-corrected chi connectivity index (χ1v) is 7.08. The Balaban J connectivity index is 1.78. The van der Waals surface area contributed by atoms with Crippen LogP contribution in [0.5, 0.6) is 0 Å². The zero-order chi connectivity index (χ0) is 13.5. The van der Waals surface area contributed by atoms with Crippen molar-refractivity contribution in [3.8, 4) is 0 Å². The summed E-state index contributed by atoms with van der Waals surface area (Å²) in [6, 6.07) is 8.72. The highest BCUT2D eigenvalue weighted by molar-refractivity contribution is 5.75. The highest BCUT2D eigenvalue weighted by Gasteiger charge is 2.13. The van der Waals surface area contributed by atoms with E-state index >= 15 is 0 Å². The maximum atomic E-state index is 11.0. The number of fused-ring (bicyclic) bond motifs is 1. The topological polar surface area (TPSA) is 58.4 Å². The number of nitrogens with one attached hydrogen (secondary N) is 1. The molecule has 0 aromatic heterocycles. The molecule has 19 heavy (non-hydrogen) atoms. The summed E-state index contributed by atoms with van der Waals surface area (Å²) in [7, 11) is 0. The molecule has 0 fully saturated rings. The first kappa shape index (κ1) is 14.0. The van der Waals surface area contributed by atoms with Crippen LogP contribution < -0.4 is 11.3 Å². The molecule has 104 valence electrons. The van der Waals surface area contributed by atoms with Gasteiger partial charge in [-0.15, -0.1) is 0 Å². The average Bonchev–Trinajstić information content (AvgIpc) is 2.65. The van der Waals surface area contributed by atoms with Crippen molar-refractivity contribution in [2.75, 3.05) is 13.1 Å². The molecule has 4 nitrogen and oxygen atoms in total. The van der Waals surface area contributed by atoms with Crippen LogP contribution in [-0.4, -0.2) is 23.9 Å². The summed E-state index contributed by atoms with van der Waals surface area (Å²) in [6.07, 6.45) is 4.89. The van der Waals surface area contributed by atoms with Gasteiger partial charge in [0, 0.05) is 13.0 Å². The van der Waals surface area contributed by atoms with Crippen LogP contribution in [0.15, 0.2) is 24.3 Å². The molecule has 0 bridgehead atoms. The third-order valence-corrected chi connectivity index (χ3v) is 3.72. The second-order valence-corrected chi connectivity index (χ2v) is 5.17. The summed E-state index contributed by atoms with van der Waals surface area (Å²) in [6.45, 7) is 3.25. The largest absolute Gasteiger partial charge is 0.299 e. The minimum atomic E-state index is -0.0683. The number of hydrogen-bond acceptors (Lipinski definition) is 3. The second-order valence-electron chi connectivity index (χ2n) is 5.17. The number of unbranched alkanes of at least 4 members (excludes halogenated alkanes) is 1. The number of hydrogen-bond donors (Lipinski definition) is 2. The molecule has 1 aromatic rings. The number of amides is 1. The van der Waals surface area contributed by atoms with Crippen molar-refractivity contribution in [2.45, 2.75) is 38.6 Å². The van der Waals surface area contributed by atoms with Gasteiger partial charge in [-0.1, -0.05) is 24.3 Å². The number of benzene rings is 1. The van der Waals surface area contributed by atoms with Crippen LogP contribution in [-0.2, 0) is 17.8 Å². The molecule has 0 saturated heterocycles. The van der Waals surface area contributed by atoms with E-state index in [9.17, 15) is 4.79 Å². The van der Waals surface area contributed by atoms with E-state index in [-0.39, 0.29) is 5.91 Å². The smallest absolute Gasteiger partial charge is 0.233 e. The zero-order valence-corrected chi connectivity index (χ0v) is 11.4. The van der Waals surface area contributed by atoms with Crippen molar-refractivity contribution >= 4 is 5.91 Å². The van der Waals surface area contributed by atoms with Gasteiger partial charge in [-0.25, -0.2) is 5.84 Å². The van der Waals surface area contributed by atoms with Crippen LogP contribution in [0, 0.1) is 0 Å². The number of carbonyl (C=O) groups is 1. The van der Waals surface area contributed by atoms with Crippen molar-refractivity contribution in [2.24, 2.45) is 5.84 Å². The standard InChI is InChI=1S/C15H23N3O/c16-17-15(19)9-3-4-10-18-11-5-8-13-6-1-2-7-14(13)12-18/h1-2,6-7H,3-5,8-12,16H2,(H,17,19). The number of aryl methyl sites for hydroxylation is 1. The predicted molar refractivity (Wildman–Crippen MR) is 76.2 cm³/mol. The number of hydrazine groups is 1. The lowest BCUT2D eigenvalue weighted by Crippen LogP contribution is -2.30. The Bertz CT molecular complexity index is 420. The Morgan fingerprint density at radius 3 is 2.84 bits per heavy atom. The maximum Gasteiger partial charge on any atom is 0.233 e. The van der Waals surface area contributed by atoms with E-state index in [2.05, 4.69) is 34.6 Å². The first-order chi connectivity index (χ1) is 9.29. The Morgan fingerprint density at radius 2 is 2.05 bits per heavy atom. The number of nitrogens with two attached hydrogens (primary N) is 1. The van der Waals surface area contributed by atoms with Crippen LogP contribution in [0.3, 0.4) is 0 Å². The van der Waals surface area contributed by atoms with Crippen molar-refractivity contribution in [1.29, 1.82) is 0 Å². The third kappa shape index (κ3) is 4.33. The molecule has 1 aromatic carbocycles. The Labute approximate surface area is 114 Å². The molecule has 0 spiro atoms. The van der Waals surface area contributed by atoms with E-state index in [0.29, 0.717) is 6.42 Å². The maximum absolute atomic E-state index is 11.0. The SMILES string of the molecule is NNC(=O)CCCCN1CCCc2ccccc2C1. The Morgan fingerprint density at radius 1 is 1.26 bits per heavy atom. The molecular formula is C15H23N3O. The quantitative estimate of drug-likeness (QED) is 0.366. The molecule has 2 rings (SSSR count). The van der Waals surface area contributed by atoms with Gasteiger partial charge in [-0.2, -0.15) is 0 Å². The fourth-order valence-corrected chi connectivity index (χ4v) is 2.65. The molecule has 0 radical (unpaired) electrons. The van der Waals surface area contributed by atoms with Gasteiger partial charge in [0.25, 0.3) is 0 Å². The van der Waals surface area contributed by atoms with Gasteiger partial charge < -0.3 is 0 Å². The van der Waals surface area contributed by atoms with Crippen LogP contribution in [0.2, 0.25) is 0 Å². The summed E-state index contributed by atoms with van der Waals surface area (Å²) in [5.41, 5.74) is 5.13. The molecule has 1 amide bonds. The fraction of sp³-hybridized carbons (Fsp3) is 0.533. The van der Waals surface area contributed by atoms with Crippen LogP contribution in [0.25, 0.3) is 0 Å². The van der Waals surface area contributed by atoms with Gasteiger partial charge in [0.1, 0.15) is 0 Å². The van der Waals surface area contributed by atoms with Crippen molar-refractivity contribution in [1.82, 2.24) is 10.3 Å². The highest BCUT2D eigenvalue weighted by Crippen LogP contribution is 2.18. The number of carbonyl (C=O) groups excluding carboxylic acids is 1. The van der Waals surface area contributed by atoms with E-state index in [0.717, 1.165) is 32.5 Å². The molecule has 4 heteroatoms. The van der Waals surface area contributed by atoms with Gasteiger partial charge in [0.2, 0.25) is 5.91 Å². The summed E-state index contributed by atoms with van der Waals surface area (Å²) in [4.78, 5) is 13.5. The molecule has 1 aliphatic rings. The molecule has 0 atom stereocenters. The van der Waals surface area contributed by atoms with Gasteiger partial charge in [-0.3, -0.25) is 15.1 Å². The van der Waals surface area contributed by atoms with Crippen molar-refractivity contribution < 1.29 is 4.79 Å². The van der Waals surface area contributed by atoms with E-state index in [1.54, 1.807) is 0 Å². The molecule has 3 N–H and O–H groups in total. The van der Waals surface area contributed by atoms with Crippen LogP contribution in [0.4, 0.5) is 0 Å². The normalized spacial score (nSPS) is 15.6. The van der Waals surface area contributed by atoms with E-state index < -0.39 is 0 Å². The summed E-state index contributed by atoms with van der Waals surface area (Å²) >= 11 is 0. The average molecular weight is 261 g/mol. The minimum absolute atomic E-state index is 0.0683. The third-order valence-electron chi connectivity index (χ3n) is 3.72.